The van der Waals surface area contributed by atoms with Gasteiger partial charge in [0.1, 0.15) is 0 Å². The quantitative estimate of drug-likeness (QED) is 0.658. The minimum atomic E-state index is -0.193. The Labute approximate surface area is 168 Å². The van der Waals surface area contributed by atoms with Crippen molar-refractivity contribution in [2.75, 3.05) is 14.2 Å². The Hall–Kier alpha value is -2.60. The van der Waals surface area contributed by atoms with Crippen molar-refractivity contribution < 1.29 is 14.3 Å². The van der Waals surface area contributed by atoms with Crippen LogP contribution in [-0.2, 0) is 19.4 Å². The Morgan fingerprint density at radius 3 is 2.50 bits per heavy atom. The van der Waals surface area contributed by atoms with Gasteiger partial charge in [-0.1, -0.05) is 17.4 Å². The maximum atomic E-state index is 12.9. The minimum absolute atomic E-state index is 0.193. The third kappa shape index (κ3) is 3.33. The van der Waals surface area contributed by atoms with Crippen LogP contribution in [-0.4, -0.2) is 24.7 Å². The molecule has 0 spiro atoms. The molecule has 1 heterocycles. The highest BCUT2D eigenvalue weighted by atomic mass is 32.1. The van der Waals surface area contributed by atoms with Crippen molar-refractivity contribution in [3.05, 3.63) is 51.8 Å². The van der Waals surface area contributed by atoms with Gasteiger partial charge in [0.15, 0.2) is 16.3 Å². The Bertz CT molecular complexity index is 1110. The van der Waals surface area contributed by atoms with Crippen LogP contribution < -0.4 is 14.3 Å². The smallest absolute Gasteiger partial charge is 0.279 e. The topological polar surface area (TPSA) is 52.8 Å². The van der Waals surface area contributed by atoms with E-state index in [1.54, 1.807) is 14.2 Å². The fourth-order valence-electron chi connectivity index (χ4n) is 3.81. The molecule has 3 aromatic rings. The minimum Gasteiger partial charge on any atom is -0.493 e. The summed E-state index contributed by atoms with van der Waals surface area (Å²) in [6, 6.07) is 9.90. The summed E-state index contributed by atoms with van der Waals surface area (Å²) < 4.78 is 13.9. The standard InChI is InChI=1S/C22H24N2O3S/c1-4-24-17-12-18(26-2)19(27-3)13-20(17)28-22(24)23-21(25)16-10-9-14-7-5-6-8-15(14)11-16/h9-13H,4-8H2,1-3H3. The van der Waals surface area contributed by atoms with Crippen LogP contribution in [0.15, 0.2) is 35.3 Å². The summed E-state index contributed by atoms with van der Waals surface area (Å²) in [5, 5.41) is 0. The first-order chi connectivity index (χ1) is 13.6. The molecule has 2 aromatic carbocycles. The number of rotatable bonds is 4. The predicted molar refractivity (Wildman–Crippen MR) is 112 cm³/mol. The number of carbonyl (C=O) groups excluding carboxylic acids is 1. The van der Waals surface area contributed by atoms with E-state index in [1.807, 2.05) is 35.8 Å². The van der Waals surface area contributed by atoms with E-state index in [9.17, 15) is 4.79 Å². The summed E-state index contributed by atoms with van der Waals surface area (Å²) in [6.45, 7) is 2.76. The van der Waals surface area contributed by atoms with Crippen molar-refractivity contribution in [1.82, 2.24) is 4.57 Å². The molecule has 0 N–H and O–H groups in total. The van der Waals surface area contributed by atoms with Gasteiger partial charge in [0.05, 0.1) is 24.4 Å². The molecule has 1 amide bonds. The van der Waals surface area contributed by atoms with Crippen LogP contribution in [0.1, 0.15) is 41.3 Å². The predicted octanol–water partition coefficient (Wildman–Crippen LogP) is 4.36. The molecule has 0 saturated carbocycles. The lowest BCUT2D eigenvalue weighted by molar-refractivity contribution is 0.0997. The summed E-state index contributed by atoms with van der Waals surface area (Å²) in [6.07, 6.45) is 4.58. The number of hydrogen-bond donors (Lipinski definition) is 0. The van der Waals surface area contributed by atoms with Crippen LogP contribution >= 0.6 is 11.3 Å². The highest BCUT2D eigenvalue weighted by Crippen LogP contribution is 2.33. The Balaban J connectivity index is 1.79. The lowest BCUT2D eigenvalue weighted by Crippen LogP contribution is -2.16. The van der Waals surface area contributed by atoms with Gasteiger partial charge in [-0.25, -0.2) is 0 Å². The van der Waals surface area contributed by atoms with Crippen molar-refractivity contribution in [1.29, 1.82) is 0 Å². The van der Waals surface area contributed by atoms with Crippen molar-refractivity contribution in [3.8, 4) is 11.5 Å². The van der Waals surface area contributed by atoms with Crippen molar-refractivity contribution in [2.24, 2.45) is 4.99 Å². The molecular formula is C22H24N2O3S. The van der Waals surface area contributed by atoms with E-state index >= 15 is 0 Å². The van der Waals surface area contributed by atoms with Gasteiger partial charge in [-0.15, -0.1) is 0 Å². The number of fused-ring (bicyclic) bond motifs is 2. The number of benzene rings is 2. The first-order valence-corrected chi connectivity index (χ1v) is 10.4. The van der Waals surface area contributed by atoms with Crippen molar-refractivity contribution in [2.45, 2.75) is 39.2 Å². The van der Waals surface area contributed by atoms with E-state index in [-0.39, 0.29) is 5.91 Å². The lowest BCUT2D eigenvalue weighted by atomic mass is 9.90. The Morgan fingerprint density at radius 2 is 1.79 bits per heavy atom. The van der Waals surface area contributed by atoms with Crippen LogP contribution in [0, 0.1) is 0 Å². The van der Waals surface area contributed by atoms with Crippen LogP contribution in [0.3, 0.4) is 0 Å². The first kappa shape index (κ1) is 18.7. The van der Waals surface area contributed by atoms with Gasteiger partial charge >= 0.3 is 0 Å². The second-order valence-corrected chi connectivity index (χ2v) is 7.92. The molecule has 146 valence electrons. The zero-order chi connectivity index (χ0) is 19.7. The lowest BCUT2D eigenvalue weighted by Gasteiger charge is -2.15. The summed E-state index contributed by atoms with van der Waals surface area (Å²) in [7, 11) is 3.24. The fraction of sp³-hybridized carbons (Fsp3) is 0.364. The molecule has 0 aliphatic heterocycles. The van der Waals surface area contributed by atoms with Gasteiger partial charge in [-0.2, -0.15) is 4.99 Å². The van der Waals surface area contributed by atoms with Crippen LogP contribution in [0.25, 0.3) is 10.2 Å². The number of nitrogens with zero attached hydrogens (tertiary/aromatic N) is 2. The largest absolute Gasteiger partial charge is 0.493 e. The zero-order valence-corrected chi connectivity index (χ0v) is 17.3. The fourth-order valence-corrected chi connectivity index (χ4v) is 4.91. The number of amides is 1. The molecule has 1 aliphatic carbocycles. The van der Waals surface area contributed by atoms with E-state index in [0.717, 1.165) is 23.1 Å². The Kier molecular flexibility index (Phi) is 5.22. The van der Waals surface area contributed by atoms with Crippen molar-refractivity contribution >= 4 is 27.5 Å². The van der Waals surface area contributed by atoms with E-state index < -0.39 is 0 Å². The van der Waals surface area contributed by atoms with Gasteiger partial charge < -0.3 is 14.0 Å². The first-order valence-electron chi connectivity index (χ1n) is 9.60. The molecule has 0 bridgehead atoms. The average Bonchev–Trinajstić information content (AvgIpc) is 3.07. The second-order valence-electron chi connectivity index (χ2n) is 6.91. The summed E-state index contributed by atoms with van der Waals surface area (Å²) in [5.74, 6) is 1.15. The highest BCUT2D eigenvalue weighted by molar-refractivity contribution is 7.16. The molecule has 0 atom stereocenters. The summed E-state index contributed by atoms with van der Waals surface area (Å²) in [5.41, 5.74) is 4.31. The monoisotopic (exact) mass is 396 g/mol. The van der Waals surface area contributed by atoms with Gasteiger partial charge in [0, 0.05) is 24.2 Å². The maximum Gasteiger partial charge on any atom is 0.279 e. The SMILES string of the molecule is CCn1c(=NC(=O)c2ccc3c(c2)CCCC3)sc2cc(OC)c(OC)cc21. The number of thiazole rings is 1. The number of ether oxygens (including phenoxy) is 2. The molecule has 1 aromatic heterocycles. The van der Waals surface area contributed by atoms with Crippen molar-refractivity contribution in [3.63, 3.8) is 0 Å². The van der Waals surface area contributed by atoms with E-state index in [2.05, 4.69) is 11.1 Å². The number of aryl methyl sites for hydroxylation is 3. The zero-order valence-electron chi connectivity index (χ0n) is 16.4. The third-order valence-corrected chi connectivity index (χ3v) is 6.34. The molecule has 0 unspecified atom stereocenters. The van der Waals surface area contributed by atoms with E-state index in [4.69, 9.17) is 9.47 Å². The molecule has 1 aliphatic rings. The molecule has 0 radical (unpaired) electrons. The molecule has 4 rings (SSSR count). The molecule has 6 heteroatoms. The normalized spacial score (nSPS) is 14.2. The van der Waals surface area contributed by atoms with E-state index in [1.165, 1.54) is 35.3 Å². The summed E-state index contributed by atoms with van der Waals surface area (Å²) in [4.78, 5) is 18.0. The van der Waals surface area contributed by atoms with Gasteiger partial charge in [0.25, 0.3) is 5.91 Å². The summed E-state index contributed by atoms with van der Waals surface area (Å²) >= 11 is 1.49. The molecule has 0 saturated heterocycles. The van der Waals surface area contributed by atoms with Crippen LogP contribution in [0.4, 0.5) is 0 Å². The van der Waals surface area contributed by atoms with Gasteiger partial charge in [-0.05, 0) is 55.9 Å². The number of methoxy groups -OCH3 is 2. The highest BCUT2D eigenvalue weighted by Gasteiger charge is 2.15. The van der Waals surface area contributed by atoms with Gasteiger partial charge in [-0.3, -0.25) is 4.79 Å². The Morgan fingerprint density at radius 1 is 1.07 bits per heavy atom. The molecular weight excluding hydrogens is 372 g/mol. The number of hydrogen-bond acceptors (Lipinski definition) is 4. The maximum absolute atomic E-state index is 12.9. The average molecular weight is 397 g/mol. The molecule has 0 fully saturated rings. The second kappa shape index (κ2) is 7.80. The number of carbonyl (C=O) groups is 1. The van der Waals surface area contributed by atoms with Gasteiger partial charge in [0.2, 0.25) is 0 Å². The third-order valence-electron chi connectivity index (χ3n) is 5.30. The number of aromatic nitrogens is 1. The van der Waals surface area contributed by atoms with Crippen LogP contribution in [0.2, 0.25) is 0 Å². The molecule has 5 nitrogen and oxygen atoms in total. The molecule has 28 heavy (non-hydrogen) atoms. The van der Waals surface area contributed by atoms with E-state index in [0.29, 0.717) is 28.4 Å². The van der Waals surface area contributed by atoms with Crippen LogP contribution in [0.5, 0.6) is 11.5 Å².